The molecule has 1 aliphatic rings. The van der Waals surface area contributed by atoms with Crippen molar-refractivity contribution in [2.24, 2.45) is 0 Å². The molecule has 0 unspecified atom stereocenters. The number of rotatable bonds is 6. The zero-order valence-electron chi connectivity index (χ0n) is 14.4. The molecular formula is C17H21N3O5. The summed E-state index contributed by atoms with van der Waals surface area (Å²) in [4.78, 5) is 36.8. The van der Waals surface area contributed by atoms with Gasteiger partial charge >= 0.3 is 12.0 Å². The van der Waals surface area contributed by atoms with Crippen LogP contribution >= 0.6 is 0 Å². The van der Waals surface area contributed by atoms with Crippen LogP contribution in [-0.2, 0) is 9.53 Å². The van der Waals surface area contributed by atoms with E-state index >= 15 is 0 Å². The van der Waals surface area contributed by atoms with Crippen LogP contribution in [0.25, 0.3) is 0 Å². The van der Waals surface area contributed by atoms with Gasteiger partial charge in [-0.3, -0.25) is 10.1 Å². The summed E-state index contributed by atoms with van der Waals surface area (Å²) in [5.41, 5.74) is 1.24. The summed E-state index contributed by atoms with van der Waals surface area (Å²) in [6.07, 6.45) is 1.25. The number of allylic oxidation sites excluding steroid dienone is 1. The standard InChI is InChI=1S/C17H21N3O5/c1-4-7-13-14(16(21)25-5-2)15(18-17(22)19(13)3)11-8-6-9-12(10-11)20(23)24/h6,8-10,15H,4-5,7H2,1-3H3,(H,18,22)/t15-/m0/s1. The fourth-order valence-electron chi connectivity index (χ4n) is 2.81. The lowest BCUT2D eigenvalue weighted by Crippen LogP contribution is -2.46. The van der Waals surface area contributed by atoms with Crippen molar-refractivity contribution in [3.63, 3.8) is 0 Å². The zero-order chi connectivity index (χ0) is 18.6. The summed E-state index contributed by atoms with van der Waals surface area (Å²) in [6.45, 7) is 3.84. The zero-order valence-corrected chi connectivity index (χ0v) is 14.4. The van der Waals surface area contributed by atoms with Crippen molar-refractivity contribution in [3.05, 3.63) is 51.2 Å². The molecule has 25 heavy (non-hydrogen) atoms. The van der Waals surface area contributed by atoms with Gasteiger partial charge in [0.05, 0.1) is 23.1 Å². The second kappa shape index (κ2) is 7.78. The Morgan fingerprint density at radius 1 is 1.40 bits per heavy atom. The third-order valence-corrected chi connectivity index (χ3v) is 3.97. The third-order valence-electron chi connectivity index (χ3n) is 3.97. The smallest absolute Gasteiger partial charge is 0.338 e. The van der Waals surface area contributed by atoms with Gasteiger partial charge in [0, 0.05) is 24.9 Å². The first kappa shape index (κ1) is 18.4. The Balaban J connectivity index is 2.60. The number of hydrogen-bond acceptors (Lipinski definition) is 5. The molecule has 0 aliphatic carbocycles. The number of benzene rings is 1. The van der Waals surface area contributed by atoms with E-state index in [1.54, 1.807) is 20.0 Å². The second-order valence-corrected chi connectivity index (χ2v) is 5.62. The molecule has 1 aromatic rings. The van der Waals surface area contributed by atoms with Gasteiger partial charge in [0.2, 0.25) is 0 Å². The number of nitrogens with one attached hydrogen (secondary N) is 1. The summed E-state index contributed by atoms with van der Waals surface area (Å²) in [5.74, 6) is -0.533. The maximum Gasteiger partial charge on any atom is 0.338 e. The van der Waals surface area contributed by atoms with Crippen LogP contribution in [0.15, 0.2) is 35.5 Å². The van der Waals surface area contributed by atoms with Crippen LogP contribution in [0.5, 0.6) is 0 Å². The maximum absolute atomic E-state index is 12.5. The van der Waals surface area contributed by atoms with Crippen LogP contribution < -0.4 is 5.32 Å². The minimum absolute atomic E-state index is 0.106. The van der Waals surface area contributed by atoms with Crippen LogP contribution in [0.3, 0.4) is 0 Å². The summed E-state index contributed by atoms with van der Waals surface area (Å²) < 4.78 is 5.16. The highest BCUT2D eigenvalue weighted by atomic mass is 16.6. The van der Waals surface area contributed by atoms with Crippen LogP contribution in [0, 0.1) is 10.1 Å². The van der Waals surface area contributed by atoms with Crippen LogP contribution in [0.1, 0.15) is 38.3 Å². The molecule has 0 spiro atoms. The molecule has 134 valence electrons. The molecule has 0 aromatic heterocycles. The molecule has 1 N–H and O–H groups in total. The molecule has 1 aliphatic heterocycles. The van der Waals surface area contributed by atoms with E-state index in [0.717, 1.165) is 6.42 Å². The van der Waals surface area contributed by atoms with Crippen molar-refractivity contribution in [1.82, 2.24) is 10.2 Å². The molecule has 1 heterocycles. The first-order valence-electron chi connectivity index (χ1n) is 8.09. The Kier molecular flexibility index (Phi) is 5.74. The highest BCUT2D eigenvalue weighted by Gasteiger charge is 2.36. The number of hydrogen-bond donors (Lipinski definition) is 1. The molecule has 0 saturated carbocycles. The lowest BCUT2D eigenvalue weighted by Gasteiger charge is -2.34. The lowest BCUT2D eigenvalue weighted by molar-refractivity contribution is -0.384. The van der Waals surface area contributed by atoms with E-state index < -0.39 is 16.9 Å². The highest BCUT2D eigenvalue weighted by Crippen LogP contribution is 2.33. The second-order valence-electron chi connectivity index (χ2n) is 5.62. The van der Waals surface area contributed by atoms with Gasteiger partial charge in [-0.25, -0.2) is 9.59 Å². The molecule has 2 amide bonds. The van der Waals surface area contributed by atoms with Crippen molar-refractivity contribution in [2.75, 3.05) is 13.7 Å². The Labute approximate surface area is 145 Å². The number of urea groups is 1. The highest BCUT2D eigenvalue weighted by molar-refractivity contribution is 5.95. The molecular weight excluding hydrogens is 326 g/mol. The number of nitrogens with zero attached hydrogens (tertiary/aromatic N) is 2. The number of ether oxygens (including phenoxy) is 1. The molecule has 1 atom stereocenters. The number of non-ortho nitro benzene ring substituents is 1. The Morgan fingerprint density at radius 3 is 2.72 bits per heavy atom. The number of carbonyl (C=O) groups excluding carboxylic acids is 2. The van der Waals surface area contributed by atoms with Gasteiger partial charge in [-0.15, -0.1) is 0 Å². The van der Waals surface area contributed by atoms with E-state index in [-0.39, 0.29) is 18.3 Å². The summed E-state index contributed by atoms with van der Waals surface area (Å²) in [5, 5.41) is 13.8. The van der Waals surface area contributed by atoms with Crippen molar-refractivity contribution >= 4 is 17.7 Å². The first-order valence-corrected chi connectivity index (χ1v) is 8.09. The van der Waals surface area contributed by atoms with Gasteiger partial charge in [-0.05, 0) is 18.9 Å². The molecule has 8 nitrogen and oxygen atoms in total. The van der Waals surface area contributed by atoms with Crippen molar-refractivity contribution in [3.8, 4) is 0 Å². The summed E-state index contributed by atoms with van der Waals surface area (Å²) >= 11 is 0. The van der Waals surface area contributed by atoms with Crippen LogP contribution in [0.4, 0.5) is 10.5 Å². The molecule has 0 saturated heterocycles. The summed E-state index contributed by atoms with van der Waals surface area (Å²) in [7, 11) is 1.59. The van der Waals surface area contributed by atoms with Gasteiger partial charge in [0.1, 0.15) is 0 Å². The number of carbonyl (C=O) groups is 2. The lowest BCUT2D eigenvalue weighted by atomic mass is 9.93. The monoisotopic (exact) mass is 347 g/mol. The fourth-order valence-corrected chi connectivity index (χ4v) is 2.81. The molecule has 0 radical (unpaired) electrons. The van der Waals surface area contributed by atoms with Gasteiger partial charge in [-0.1, -0.05) is 25.5 Å². The average molecular weight is 347 g/mol. The number of amides is 2. The minimum Gasteiger partial charge on any atom is -0.463 e. The van der Waals surface area contributed by atoms with E-state index in [2.05, 4.69) is 5.32 Å². The molecule has 1 aromatic carbocycles. The largest absolute Gasteiger partial charge is 0.463 e. The van der Waals surface area contributed by atoms with Gasteiger partial charge < -0.3 is 15.0 Å². The maximum atomic E-state index is 12.5. The van der Waals surface area contributed by atoms with E-state index in [1.807, 2.05) is 6.92 Å². The average Bonchev–Trinajstić information content (AvgIpc) is 2.59. The van der Waals surface area contributed by atoms with E-state index in [1.165, 1.54) is 23.1 Å². The molecule has 0 bridgehead atoms. The van der Waals surface area contributed by atoms with Crippen molar-refractivity contribution < 1.29 is 19.2 Å². The molecule has 0 fully saturated rings. The minimum atomic E-state index is -0.788. The quantitative estimate of drug-likeness (QED) is 0.484. The predicted octanol–water partition coefficient (Wildman–Crippen LogP) is 2.91. The Hall–Kier alpha value is -2.90. The van der Waals surface area contributed by atoms with Gasteiger partial charge in [-0.2, -0.15) is 0 Å². The number of esters is 1. The van der Waals surface area contributed by atoms with E-state index in [4.69, 9.17) is 4.74 Å². The third kappa shape index (κ3) is 3.78. The Morgan fingerprint density at radius 2 is 2.12 bits per heavy atom. The van der Waals surface area contributed by atoms with Gasteiger partial charge in [0.15, 0.2) is 0 Å². The topological polar surface area (TPSA) is 102 Å². The van der Waals surface area contributed by atoms with E-state index in [9.17, 15) is 19.7 Å². The Bertz CT molecular complexity index is 729. The number of nitro benzene ring substituents is 1. The van der Waals surface area contributed by atoms with E-state index in [0.29, 0.717) is 23.3 Å². The van der Waals surface area contributed by atoms with Crippen LogP contribution in [-0.4, -0.2) is 35.5 Å². The normalized spacial score (nSPS) is 17.3. The SMILES string of the molecule is CCCC1=C(C(=O)OCC)[C@H](c2cccc([N+](=O)[O-])c2)NC(=O)N1C. The van der Waals surface area contributed by atoms with Crippen molar-refractivity contribution in [1.29, 1.82) is 0 Å². The molecule has 8 heteroatoms. The van der Waals surface area contributed by atoms with Crippen molar-refractivity contribution in [2.45, 2.75) is 32.7 Å². The first-order chi connectivity index (χ1) is 11.9. The predicted molar refractivity (Wildman–Crippen MR) is 90.7 cm³/mol. The number of nitro groups is 1. The summed E-state index contributed by atoms with van der Waals surface area (Å²) in [6, 6.07) is 4.74. The molecule has 2 rings (SSSR count). The van der Waals surface area contributed by atoms with Crippen LogP contribution in [0.2, 0.25) is 0 Å². The van der Waals surface area contributed by atoms with Gasteiger partial charge in [0.25, 0.3) is 5.69 Å². The fraction of sp³-hybridized carbons (Fsp3) is 0.412.